The number of benzene rings is 1. The molecule has 4 aliphatic rings. The summed E-state index contributed by atoms with van der Waals surface area (Å²) >= 11 is 0. The van der Waals surface area contributed by atoms with Gasteiger partial charge in [-0.1, -0.05) is 0 Å². The Kier molecular flexibility index (Phi) is 6.68. The van der Waals surface area contributed by atoms with Gasteiger partial charge < -0.3 is 16.0 Å². The molecule has 35 heavy (non-hydrogen) atoms. The molecule has 2 saturated heterocycles. The molecule has 0 radical (unpaired) electrons. The molecule has 1 aromatic rings. The number of amides is 1. The number of fused-ring (bicyclic) bond motifs is 1. The fourth-order valence-corrected chi connectivity index (χ4v) is 6.12. The second-order valence-corrected chi connectivity index (χ2v) is 10.5. The zero-order valence-electron chi connectivity index (χ0n) is 19.8. The summed E-state index contributed by atoms with van der Waals surface area (Å²) in [5.41, 5.74) is 3.24. The number of carbonyl (C=O) groups excluding carboxylic acids is 1. The first-order chi connectivity index (χ1) is 16.7. The van der Waals surface area contributed by atoms with Gasteiger partial charge in [-0.2, -0.15) is 18.4 Å². The third-order valence-corrected chi connectivity index (χ3v) is 8.16. The first-order valence-corrected chi connectivity index (χ1v) is 12.7. The summed E-state index contributed by atoms with van der Waals surface area (Å²) in [5.74, 6) is 0.0987. The summed E-state index contributed by atoms with van der Waals surface area (Å²) in [7, 11) is 0. The van der Waals surface area contributed by atoms with Gasteiger partial charge in [0.1, 0.15) is 6.17 Å². The van der Waals surface area contributed by atoms with Crippen LogP contribution in [-0.2, 0) is 11.0 Å². The first kappa shape index (κ1) is 24.3. The van der Waals surface area contributed by atoms with Crippen molar-refractivity contribution >= 4 is 11.6 Å². The number of rotatable bonds is 6. The van der Waals surface area contributed by atoms with Crippen molar-refractivity contribution < 1.29 is 18.0 Å². The van der Waals surface area contributed by atoms with Gasteiger partial charge in [0.05, 0.1) is 23.5 Å². The molecule has 0 aromatic heterocycles. The van der Waals surface area contributed by atoms with Crippen LogP contribution >= 0.6 is 0 Å². The van der Waals surface area contributed by atoms with Gasteiger partial charge >= 0.3 is 6.18 Å². The minimum atomic E-state index is -4.40. The zero-order chi connectivity index (χ0) is 24.7. The van der Waals surface area contributed by atoms with E-state index in [1.807, 2.05) is 0 Å². The number of nitrogens with zero attached hydrogens (tertiary/aromatic N) is 2. The Labute approximate surface area is 203 Å². The van der Waals surface area contributed by atoms with Crippen LogP contribution in [0.15, 0.2) is 24.3 Å². The molecule has 0 spiro atoms. The highest BCUT2D eigenvalue weighted by atomic mass is 19.4. The molecule has 2 aliphatic carbocycles. The Morgan fingerprint density at radius 1 is 1.11 bits per heavy atom. The summed E-state index contributed by atoms with van der Waals surface area (Å²) in [5, 5.41) is 22.0. The zero-order valence-corrected chi connectivity index (χ0v) is 19.8. The molecule has 10 heteroatoms. The Hall–Kier alpha value is -2.35. The van der Waals surface area contributed by atoms with Crippen LogP contribution in [0.1, 0.15) is 51.0 Å². The van der Waals surface area contributed by atoms with E-state index in [1.54, 1.807) is 0 Å². The van der Waals surface area contributed by atoms with E-state index in [9.17, 15) is 23.2 Å². The van der Waals surface area contributed by atoms with Crippen LogP contribution in [0.3, 0.4) is 0 Å². The number of carbonyl (C=O) groups is 1. The van der Waals surface area contributed by atoms with Crippen LogP contribution < -0.4 is 21.4 Å². The highest BCUT2D eigenvalue weighted by Gasteiger charge is 2.51. The van der Waals surface area contributed by atoms with Gasteiger partial charge in [0.25, 0.3) is 0 Å². The van der Waals surface area contributed by atoms with Gasteiger partial charge in [0.15, 0.2) is 0 Å². The van der Waals surface area contributed by atoms with Crippen LogP contribution in [0.5, 0.6) is 0 Å². The summed E-state index contributed by atoms with van der Waals surface area (Å²) in [6.45, 7) is 2.80. The molecule has 7 nitrogen and oxygen atoms in total. The molecule has 2 saturated carbocycles. The fraction of sp³-hybridized carbons (Fsp3) is 0.680. The van der Waals surface area contributed by atoms with Gasteiger partial charge in [-0.25, -0.2) is 10.4 Å². The van der Waals surface area contributed by atoms with E-state index in [2.05, 4.69) is 39.4 Å². The number of alkyl halides is 3. The van der Waals surface area contributed by atoms with Crippen LogP contribution in [0, 0.1) is 29.1 Å². The number of nitriles is 1. The number of hydrogen-bond donors (Lipinski definition) is 4. The van der Waals surface area contributed by atoms with Gasteiger partial charge in [0.2, 0.25) is 5.91 Å². The quantitative estimate of drug-likeness (QED) is 0.490. The van der Waals surface area contributed by atoms with Crippen molar-refractivity contribution in [3.8, 4) is 6.07 Å². The second kappa shape index (κ2) is 9.60. The minimum Gasteiger partial charge on any atom is -0.368 e. The van der Waals surface area contributed by atoms with Gasteiger partial charge in [-0.05, 0) is 75.6 Å². The molecular formula is C25H33F3N6O. The van der Waals surface area contributed by atoms with Crippen molar-refractivity contribution in [1.29, 1.82) is 5.26 Å². The van der Waals surface area contributed by atoms with E-state index < -0.39 is 23.8 Å². The summed E-state index contributed by atoms with van der Waals surface area (Å²) in [4.78, 5) is 12.8. The number of anilines is 1. The number of hydrogen-bond acceptors (Lipinski definition) is 6. The fourth-order valence-electron chi connectivity index (χ4n) is 6.12. The molecule has 190 valence electrons. The van der Waals surface area contributed by atoms with Crippen LogP contribution in [0.25, 0.3) is 0 Å². The Balaban J connectivity index is 1.29. The molecule has 2 aliphatic heterocycles. The van der Waals surface area contributed by atoms with E-state index in [1.165, 1.54) is 25.0 Å². The van der Waals surface area contributed by atoms with E-state index in [0.29, 0.717) is 24.3 Å². The second-order valence-electron chi connectivity index (χ2n) is 10.5. The average molecular weight is 491 g/mol. The molecule has 4 fully saturated rings. The summed E-state index contributed by atoms with van der Waals surface area (Å²) in [6.07, 6.45) is 1.04. The highest BCUT2D eigenvalue weighted by molar-refractivity contribution is 5.82. The normalized spacial score (nSPS) is 34.5. The number of nitrogens with one attached hydrogen (secondary N) is 4. The van der Waals surface area contributed by atoms with Crippen molar-refractivity contribution in [2.45, 2.75) is 82.0 Å². The van der Waals surface area contributed by atoms with E-state index >= 15 is 0 Å². The molecule has 5 rings (SSSR count). The lowest BCUT2D eigenvalue weighted by molar-refractivity contribution is -0.137. The molecule has 3 unspecified atom stereocenters. The SMILES string of the molecule is C[C@H](N[C@H]1CC[C@H](N2NC(Nc3ccc(C(F)(F)F)cc3)C3C(=O)NCCC32)[C@@H](C#N)C1)C1CC1. The molecule has 2 heterocycles. The predicted molar refractivity (Wildman–Crippen MR) is 125 cm³/mol. The third kappa shape index (κ3) is 5.13. The van der Waals surface area contributed by atoms with Crippen LogP contribution in [0.4, 0.5) is 18.9 Å². The maximum Gasteiger partial charge on any atom is 0.416 e. The average Bonchev–Trinajstić information content (AvgIpc) is 3.62. The van der Waals surface area contributed by atoms with E-state index in [0.717, 1.165) is 43.7 Å². The topological polar surface area (TPSA) is 92.2 Å². The number of piperidine rings is 1. The number of hydrazine groups is 1. The van der Waals surface area contributed by atoms with E-state index in [4.69, 9.17) is 0 Å². The van der Waals surface area contributed by atoms with Crippen molar-refractivity contribution in [2.24, 2.45) is 17.8 Å². The molecule has 4 N–H and O–H groups in total. The molecule has 0 bridgehead atoms. The standard InChI is InChI=1S/C25H33F3N6O/c1-14(15-2-3-15)31-19-8-9-20(16(12-19)13-29)34-21-10-11-30-24(35)22(21)23(33-34)32-18-6-4-17(5-7-18)25(26,27)28/h4-7,14-16,19-23,31-33H,2-3,8-12H2,1H3,(H,30,35)/t14-,16+,19-,20-,21?,22?,23?/m0/s1. The highest BCUT2D eigenvalue weighted by Crippen LogP contribution is 2.38. The third-order valence-electron chi connectivity index (χ3n) is 8.16. The molecule has 1 aromatic carbocycles. The van der Waals surface area contributed by atoms with Gasteiger partial charge in [0, 0.05) is 36.4 Å². The number of halogens is 3. The predicted octanol–water partition coefficient (Wildman–Crippen LogP) is 3.22. The molecular weight excluding hydrogens is 457 g/mol. The van der Waals surface area contributed by atoms with Crippen molar-refractivity contribution in [3.05, 3.63) is 29.8 Å². The lowest BCUT2D eigenvalue weighted by Crippen LogP contribution is -2.56. The first-order valence-electron chi connectivity index (χ1n) is 12.7. The monoisotopic (exact) mass is 490 g/mol. The Bertz CT molecular complexity index is 959. The van der Waals surface area contributed by atoms with Crippen LogP contribution in [0.2, 0.25) is 0 Å². The Morgan fingerprint density at radius 3 is 2.51 bits per heavy atom. The van der Waals surface area contributed by atoms with Crippen molar-refractivity contribution in [3.63, 3.8) is 0 Å². The maximum absolute atomic E-state index is 12.9. The lowest BCUT2D eigenvalue weighted by atomic mass is 9.80. The maximum atomic E-state index is 12.9. The van der Waals surface area contributed by atoms with Gasteiger partial charge in [-0.15, -0.1) is 0 Å². The van der Waals surface area contributed by atoms with Crippen LogP contribution in [-0.4, -0.2) is 47.8 Å². The lowest BCUT2D eigenvalue weighted by Gasteiger charge is -2.42. The smallest absolute Gasteiger partial charge is 0.368 e. The summed E-state index contributed by atoms with van der Waals surface area (Å²) < 4.78 is 38.8. The van der Waals surface area contributed by atoms with Crippen molar-refractivity contribution in [2.75, 3.05) is 11.9 Å². The molecule has 7 atom stereocenters. The summed E-state index contributed by atoms with van der Waals surface area (Å²) in [6, 6.07) is 8.07. The minimum absolute atomic E-state index is 0.0212. The molecule has 1 amide bonds. The van der Waals surface area contributed by atoms with Crippen molar-refractivity contribution in [1.82, 2.24) is 21.1 Å². The Morgan fingerprint density at radius 2 is 1.86 bits per heavy atom. The van der Waals surface area contributed by atoms with Gasteiger partial charge in [-0.3, -0.25) is 4.79 Å². The van der Waals surface area contributed by atoms with E-state index in [-0.39, 0.29) is 23.9 Å². The largest absolute Gasteiger partial charge is 0.416 e.